The summed E-state index contributed by atoms with van der Waals surface area (Å²) in [5.41, 5.74) is 2.46. The molecule has 1 aromatic carbocycles. The van der Waals surface area contributed by atoms with E-state index in [9.17, 15) is 0 Å². The van der Waals surface area contributed by atoms with E-state index in [0.29, 0.717) is 5.89 Å². The molecule has 0 unspecified atom stereocenters. The molecule has 0 saturated heterocycles. The van der Waals surface area contributed by atoms with Crippen molar-refractivity contribution in [2.45, 2.75) is 18.7 Å². The summed E-state index contributed by atoms with van der Waals surface area (Å²) >= 11 is 3.41. The van der Waals surface area contributed by atoms with Gasteiger partial charge < -0.3 is 4.52 Å². The van der Waals surface area contributed by atoms with Crippen LogP contribution in [0.3, 0.4) is 0 Å². The summed E-state index contributed by atoms with van der Waals surface area (Å²) in [5.74, 6) is 1.35. The molecule has 0 N–H and O–H groups in total. The van der Waals surface area contributed by atoms with Crippen molar-refractivity contribution in [3.63, 3.8) is 0 Å². The molecule has 0 aliphatic carbocycles. The number of hydrogen-bond acceptors (Lipinski definition) is 3. The molecule has 0 atom stereocenters. The highest BCUT2D eigenvalue weighted by molar-refractivity contribution is 9.08. The zero-order valence-corrected chi connectivity index (χ0v) is 9.99. The Hall–Kier alpha value is -1.16. The maximum absolute atomic E-state index is 4.91. The van der Waals surface area contributed by atoms with Crippen molar-refractivity contribution in [3.05, 3.63) is 47.1 Å². The Morgan fingerprint density at radius 3 is 2.40 bits per heavy atom. The van der Waals surface area contributed by atoms with E-state index in [1.54, 1.807) is 6.92 Å². The molecule has 1 aromatic heterocycles. The second-order valence-corrected chi connectivity index (χ2v) is 3.92. The van der Waals surface area contributed by atoms with Crippen LogP contribution in [0.25, 0.3) is 0 Å². The molecule has 0 spiro atoms. The monoisotopic (exact) mass is 266 g/mol. The summed E-state index contributed by atoms with van der Waals surface area (Å²) in [6.45, 7) is 1.80. The van der Waals surface area contributed by atoms with Gasteiger partial charge in [0.1, 0.15) is 0 Å². The maximum atomic E-state index is 4.91. The lowest BCUT2D eigenvalue weighted by Gasteiger charge is -1.98. The Kier molecular flexibility index (Phi) is 3.16. The van der Waals surface area contributed by atoms with Crippen LogP contribution in [0.1, 0.15) is 22.8 Å². The summed E-state index contributed by atoms with van der Waals surface area (Å²) in [6, 6.07) is 8.36. The van der Waals surface area contributed by atoms with Crippen LogP contribution in [0, 0.1) is 6.92 Å². The van der Waals surface area contributed by atoms with Crippen molar-refractivity contribution in [2.24, 2.45) is 0 Å². The third-order valence-corrected chi connectivity index (χ3v) is 2.76. The quantitative estimate of drug-likeness (QED) is 0.802. The summed E-state index contributed by atoms with van der Waals surface area (Å²) in [4.78, 5) is 4.16. The number of nitrogens with zero attached hydrogens (tertiary/aromatic N) is 2. The van der Waals surface area contributed by atoms with E-state index in [2.05, 4.69) is 50.3 Å². The number of benzene rings is 1. The molecule has 0 radical (unpaired) electrons. The number of aryl methyl sites for hydroxylation is 1. The number of alkyl halides is 1. The lowest BCUT2D eigenvalue weighted by molar-refractivity contribution is 0.388. The normalized spacial score (nSPS) is 10.5. The first kappa shape index (κ1) is 10.4. The van der Waals surface area contributed by atoms with Crippen molar-refractivity contribution in [1.29, 1.82) is 0 Å². The molecule has 0 bridgehead atoms. The second-order valence-electron chi connectivity index (χ2n) is 3.36. The first-order chi connectivity index (χ1) is 7.28. The molecule has 3 nitrogen and oxygen atoms in total. The Morgan fingerprint density at radius 2 is 1.87 bits per heavy atom. The topological polar surface area (TPSA) is 38.9 Å². The Bertz CT molecular complexity index is 436. The van der Waals surface area contributed by atoms with Crippen molar-refractivity contribution >= 4 is 15.9 Å². The van der Waals surface area contributed by atoms with Gasteiger partial charge in [-0.3, -0.25) is 0 Å². The fourth-order valence-corrected chi connectivity index (χ4v) is 1.72. The van der Waals surface area contributed by atoms with Gasteiger partial charge in [-0.2, -0.15) is 4.98 Å². The van der Waals surface area contributed by atoms with Crippen molar-refractivity contribution in [1.82, 2.24) is 10.1 Å². The van der Waals surface area contributed by atoms with Gasteiger partial charge in [-0.1, -0.05) is 45.4 Å². The van der Waals surface area contributed by atoms with Gasteiger partial charge in [0, 0.05) is 18.7 Å². The summed E-state index contributed by atoms with van der Waals surface area (Å²) in [5, 5.41) is 4.74. The van der Waals surface area contributed by atoms with Crippen LogP contribution in [0.15, 0.2) is 28.8 Å². The van der Waals surface area contributed by atoms with Crippen LogP contribution < -0.4 is 0 Å². The smallest absolute Gasteiger partial charge is 0.223 e. The number of hydrogen-bond donors (Lipinski definition) is 0. The van der Waals surface area contributed by atoms with Crippen LogP contribution in [0.2, 0.25) is 0 Å². The molecule has 1 heterocycles. The van der Waals surface area contributed by atoms with Gasteiger partial charge >= 0.3 is 0 Å². The molecule has 2 rings (SSSR count). The number of halogens is 1. The standard InChI is InChI=1S/C11H11BrN2O/c1-8-13-11(14-15-8)6-9-2-4-10(7-12)5-3-9/h2-5H,6-7H2,1H3. The van der Waals surface area contributed by atoms with E-state index < -0.39 is 0 Å². The highest BCUT2D eigenvalue weighted by atomic mass is 79.9. The minimum Gasteiger partial charge on any atom is -0.340 e. The van der Waals surface area contributed by atoms with Crippen LogP contribution in [0.5, 0.6) is 0 Å². The molecule has 2 aromatic rings. The average Bonchev–Trinajstić information content (AvgIpc) is 2.65. The third kappa shape index (κ3) is 2.65. The van der Waals surface area contributed by atoms with Gasteiger partial charge in [0.25, 0.3) is 0 Å². The highest BCUT2D eigenvalue weighted by Gasteiger charge is 2.03. The predicted octanol–water partition coefficient (Wildman–Crippen LogP) is 2.86. The SMILES string of the molecule is Cc1nc(Cc2ccc(CBr)cc2)no1. The Morgan fingerprint density at radius 1 is 1.20 bits per heavy atom. The van der Waals surface area contributed by atoms with E-state index in [1.165, 1.54) is 11.1 Å². The van der Waals surface area contributed by atoms with Crippen molar-refractivity contribution < 1.29 is 4.52 Å². The van der Waals surface area contributed by atoms with Gasteiger partial charge in [0.2, 0.25) is 5.89 Å². The number of rotatable bonds is 3. The molecule has 0 saturated carbocycles. The molecular formula is C11H11BrN2O. The molecular weight excluding hydrogens is 256 g/mol. The van der Waals surface area contributed by atoms with Gasteiger partial charge in [0.05, 0.1) is 0 Å². The van der Waals surface area contributed by atoms with E-state index in [-0.39, 0.29) is 0 Å². The van der Waals surface area contributed by atoms with Gasteiger partial charge in [-0.15, -0.1) is 0 Å². The fourth-order valence-electron chi connectivity index (χ4n) is 1.34. The molecule has 15 heavy (non-hydrogen) atoms. The minimum atomic E-state index is 0.613. The Balaban J connectivity index is 2.11. The van der Waals surface area contributed by atoms with Crippen LogP contribution >= 0.6 is 15.9 Å². The van der Waals surface area contributed by atoms with Gasteiger partial charge in [-0.25, -0.2) is 0 Å². The van der Waals surface area contributed by atoms with Crippen LogP contribution in [-0.4, -0.2) is 10.1 Å². The van der Waals surface area contributed by atoms with Crippen LogP contribution in [-0.2, 0) is 11.8 Å². The maximum Gasteiger partial charge on any atom is 0.223 e. The lowest BCUT2D eigenvalue weighted by atomic mass is 10.1. The largest absolute Gasteiger partial charge is 0.340 e. The van der Waals surface area contributed by atoms with Crippen molar-refractivity contribution in [2.75, 3.05) is 0 Å². The lowest BCUT2D eigenvalue weighted by Crippen LogP contribution is -1.91. The first-order valence-electron chi connectivity index (χ1n) is 4.71. The average molecular weight is 267 g/mol. The van der Waals surface area contributed by atoms with E-state index in [4.69, 9.17) is 4.52 Å². The van der Waals surface area contributed by atoms with E-state index >= 15 is 0 Å². The summed E-state index contributed by atoms with van der Waals surface area (Å²) < 4.78 is 4.91. The van der Waals surface area contributed by atoms with Gasteiger partial charge in [0.15, 0.2) is 5.82 Å². The fraction of sp³-hybridized carbons (Fsp3) is 0.273. The second kappa shape index (κ2) is 4.57. The highest BCUT2D eigenvalue weighted by Crippen LogP contribution is 2.10. The third-order valence-electron chi connectivity index (χ3n) is 2.11. The van der Waals surface area contributed by atoms with E-state index in [1.807, 2.05) is 0 Å². The zero-order valence-electron chi connectivity index (χ0n) is 8.40. The number of aromatic nitrogens is 2. The first-order valence-corrected chi connectivity index (χ1v) is 5.83. The van der Waals surface area contributed by atoms with Crippen molar-refractivity contribution in [3.8, 4) is 0 Å². The minimum absolute atomic E-state index is 0.613. The zero-order chi connectivity index (χ0) is 10.7. The molecule has 0 fully saturated rings. The molecule has 0 aliphatic heterocycles. The molecule has 0 aliphatic rings. The molecule has 0 amide bonds. The summed E-state index contributed by atoms with van der Waals surface area (Å²) in [6.07, 6.45) is 0.722. The van der Waals surface area contributed by atoms with Crippen LogP contribution in [0.4, 0.5) is 0 Å². The van der Waals surface area contributed by atoms with E-state index in [0.717, 1.165) is 17.6 Å². The predicted molar refractivity (Wildman–Crippen MR) is 60.9 cm³/mol. The molecule has 4 heteroatoms. The Labute approximate surface area is 96.6 Å². The molecule has 78 valence electrons. The van der Waals surface area contributed by atoms with Gasteiger partial charge in [-0.05, 0) is 11.1 Å². The summed E-state index contributed by atoms with van der Waals surface area (Å²) in [7, 11) is 0.